The standard InChI is InChI=1S/C20H20ClNO3/c1-13(20(24)22-18-9-7-17(21)8-10-18)25-19(23)12-14-5-6-15-3-2-4-16(15)11-14/h5-11,13H,2-4,12H2,1H3,(H,22,24)/t13-/m1/s1. The fraction of sp³-hybridized carbons (Fsp3) is 0.300. The number of benzene rings is 2. The molecule has 1 N–H and O–H groups in total. The number of ether oxygens (including phenoxy) is 1. The molecule has 0 heterocycles. The number of carbonyl (C=O) groups is 2. The van der Waals surface area contributed by atoms with Gasteiger partial charge in [-0.3, -0.25) is 9.59 Å². The Morgan fingerprint density at radius 2 is 1.84 bits per heavy atom. The Hall–Kier alpha value is -2.33. The molecule has 130 valence electrons. The molecule has 0 aliphatic heterocycles. The van der Waals surface area contributed by atoms with Gasteiger partial charge in [-0.25, -0.2) is 0 Å². The molecular weight excluding hydrogens is 338 g/mol. The van der Waals surface area contributed by atoms with Crippen LogP contribution in [0.15, 0.2) is 42.5 Å². The van der Waals surface area contributed by atoms with Gasteiger partial charge in [0.15, 0.2) is 6.10 Å². The van der Waals surface area contributed by atoms with Gasteiger partial charge in [-0.05, 0) is 67.1 Å². The first kappa shape index (κ1) is 17.5. The average molecular weight is 358 g/mol. The molecule has 0 aromatic heterocycles. The van der Waals surface area contributed by atoms with Crippen molar-refractivity contribution in [1.82, 2.24) is 0 Å². The van der Waals surface area contributed by atoms with Gasteiger partial charge in [-0.1, -0.05) is 29.8 Å². The molecule has 2 aromatic carbocycles. The number of hydrogen-bond donors (Lipinski definition) is 1. The van der Waals surface area contributed by atoms with Gasteiger partial charge in [0.25, 0.3) is 5.91 Å². The second-order valence-corrected chi connectivity index (χ2v) is 6.70. The summed E-state index contributed by atoms with van der Waals surface area (Å²) in [6.45, 7) is 1.56. The van der Waals surface area contributed by atoms with Crippen molar-refractivity contribution < 1.29 is 14.3 Å². The first-order valence-corrected chi connectivity index (χ1v) is 8.75. The van der Waals surface area contributed by atoms with Crippen LogP contribution in [0, 0.1) is 0 Å². The van der Waals surface area contributed by atoms with Crippen LogP contribution in [-0.4, -0.2) is 18.0 Å². The monoisotopic (exact) mass is 357 g/mol. The minimum atomic E-state index is -0.863. The molecule has 0 bridgehead atoms. The Morgan fingerprint density at radius 3 is 2.60 bits per heavy atom. The summed E-state index contributed by atoms with van der Waals surface area (Å²) in [4.78, 5) is 24.2. The molecular formula is C20H20ClNO3. The third-order valence-corrected chi connectivity index (χ3v) is 4.55. The number of carbonyl (C=O) groups excluding carboxylic acids is 2. The van der Waals surface area contributed by atoms with Gasteiger partial charge in [-0.2, -0.15) is 0 Å². The second kappa shape index (κ2) is 7.70. The van der Waals surface area contributed by atoms with E-state index in [4.69, 9.17) is 16.3 Å². The van der Waals surface area contributed by atoms with Crippen LogP contribution in [0.5, 0.6) is 0 Å². The summed E-state index contributed by atoms with van der Waals surface area (Å²) in [6.07, 6.45) is 2.66. The van der Waals surface area contributed by atoms with Gasteiger partial charge in [-0.15, -0.1) is 0 Å². The number of hydrogen-bond acceptors (Lipinski definition) is 3. The summed E-state index contributed by atoms with van der Waals surface area (Å²) in [5, 5.41) is 3.29. The summed E-state index contributed by atoms with van der Waals surface area (Å²) in [5.41, 5.74) is 4.22. The number of aryl methyl sites for hydroxylation is 2. The lowest BCUT2D eigenvalue weighted by molar-refractivity contribution is -0.152. The maximum Gasteiger partial charge on any atom is 0.311 e. The molecule has 1 aliphatic rings. The minimum Gasteiger partial charge on any atom is -0.452 e. The number of rotatable bonds is 5. The Labute approximate surface area is 152 Å². The van der Waals surface area contributed by atoms with Crippen LogP contribution in [0.25, 0.3) is 0 Å². The summed E-state index contributed by atoms with van der Waals surface area (Å²) in [6, 6.07) is 12.9. The van der Waals surface area contributed by atoms with Crippen LogP contribution in [0.3, 0.4) is 0 Å². The Kier molecular flexibility index (Phi) is 5.39. The highest BCUT2D eigenvalue weighted by atomic mass is 35.5. The zero-order valence-electron chi connectivity index (χ0n) is 14.0. The van der Waals surface area contributed by atoms with Crippen LogP contribution in [0.1, 0.15) is 30.0 Å². The van der Waals surface area contributed by atoms with Crippen LogP contribution in [0.4, 0.5) is 5.69 Å². The SMILES string of the molecule is C[C@@H](OC(=O)Cc1ccc2c(c1)CCC2)C(=O)Nc1ccc(Cl)cc1. The second-order valence-electron chi connectivity index (χ2n) is 6.26. The predicted octanol–water partition coefficient (Wildman–Crippen LogP) is 3.94. The van der Waals surface area contributed by atoms with E-state index in [1.807, 2.05) is 6.07 Å². The van der Waals surface area contributed by atoms with Gasteiger partial charge in [0, 0.05) is 10.7 Å². The molecule has 0 radical (unpaired) electrons. The molecule has 5 heteroatoms. The maximum atomic E-state index is 12.1. The normalized spacial score (nSPS) is 13.8. The van der Waals surface area contributed by atoms with E-state index in [1.165, 1.54) is 17.5 Å². The smallest absolute Gasteiger partial charge is 0.311 e. The summed E-state index contributed by atoms with van der Waals surface area (Å²) in [7, 11) is 0. The summed E-state index contributed by atoms with van der Waals surface area (Å²) >= 11 is 5.81. The average Bonchev–Trinajstić information content (AvgIpc) is 3.04. The molecule has 0 spiro atoms. The molecule has 0 saturated carbocycles. The maximum absolute atomic E-state index is 12.1. The van der Waals surface area contributed by atoms with Crippen LogP contribution >= 0.6 is 11.6 Å². The van der Waals surface area contributed by atoms with E-state index in [0.717, 1.165) is 18.4 Å². The number of halogens is 1. The Morgan fingerprint density at radius 1 is 1.12 bits per heavy atom. The van der Waals surface area contributed by atoms with Crippen molar-refractivity contribution in [3.63, 3.8) is 0 Å². The van der Waals surface area contributed by atoms with Crippen molar-refractivity contribution in [3.8, 4) is 0 Å². The van der Waals surface area contributed by atoms with E-state index in [0.29, 0.717) is 10.7 Å². The fourth-order valence-electron chi connectivity index (χ4n) is 2.97. The number of anilines is 1. The lowest BCUT2D eigenvalue weighted by Crippen LogP contribution is -2.30. The van der Waals surface area contributed by atoms with Gasteiger partial charge >= 0.3 is 5.97 Å². The Bertz CT molecular complexity index is 786. The van der Waals surface area contributed by atoms with E-state index in [1.54, 1.807) is 31.2 Å². The van der Waals surface area contributed by atoms with E-state index < -0.39 is 12.1 Å². The highest BCUT2D eigenvalue weighted by molar-refractivity contribution is 6.30. The first-order chi connectivity index (χ1) is 12.0. The van der Waals surface area contributed by atoms with Crippen molar-refractivity contribution in [3.05, 3.63) is 64.2 Å². The molecule has 4 nitrogen and oxygen atoms in total. The molecule has 0 fully saturated rings. The third-order valence-electron chi connectivity index (χ3n) is 4.30. The minimum absolute atomic E-state index is 0.172. The van der Waals surface area contributed by atoms with Gasteiger partial charge < -0.3 is 10.1 Å². The number of fused-ring (bicyclic) bond motifs is 1. The Balaban J connectivity index is 1.53. The van der Waals surface area contributed by atoms with E-state index in [-0.39, 0.29) is 12.3 Å². The van der Waals surface area contributed by atoms with Crippen LogP contribution < -0.4 is 5.32 Å². The molecule has 3 rings (SSSR count). The van der Waals surface area contributed by atoms with E-state index in [2.05, 4.69) is 17.4 Å². The largest absolute Gasteiger partial charge is 0.452 e. The topological polar surface area (TPSA) is 55.4 Å². The lowest BCUT2D eigenvalue weighted by atomic mass is 10.0. The number of amides is 1. The zero-order valence-corrected chi connectivity index (χ0v) is 14.8. The van der Waals surface area contributed by atoms with E-state index in [9.17, 15) is 9.59 Å². The summed E-state index contributed by atoms with van der Waals surface area (Å²) in [5.74, 6) is -0.777. The van der Waals surface area contributed by atoms with Crippen molar-refractivity contribution >= 4 is 29.2 Å². The number of esters is 1. The van der Waals surface area contributed by atoms with Crippen molar-refractivity contribution in [1.29, 1.82) is 0 Å². The summed E-state index contributed by atoms with van der Waals surface area (Å²) < 4.78 is 5.25. The van der Waals surface area contributed by atoms with Crippen LogP contribution in [-0.2, 0) is 33.6 Å². The molecule has 25 heavy (non-hydrogen) atoms. The highest BCUT2D eigenvalue weighted by Crippen LogP contribution is 2.23. The highest BCUT2D eigenvalue weighted by Gasteiger charge is 2.19. The van der Waals surface area contributed by atoms with E-state index >= 15 is 0 Å². The van der Waals surface area contributed by atoms with Gasteiger partial charge in [0.2, 0.25) is 0 Å². The molecule has 1 amide bonds. The first-order valence-electron chi connectivity index (χ1n) is 8.38. The molecule has 2 aromatic rings. The molecule has 1 aliphatic carbocycles. The lowest BCUT2D eigenvalue weighted by Gasteiger charge is -2.14. The zero-order chi connectivity index (χ0) is 17.8. The van der Waals surface area contributed by atoms with Crippen molar-refractivity contribution in [2.24, 2.45) is 0 Å². The van der Waals surface area contributed by atoms with Gasteiger partial charge in [0.1, 0.15) is 0 Å². The molecule has 0 saturated heterocycles. The number of nitrogens with one attached hydrogen (secondary N) is 1. The third kappa shape index (κ3) is 4.60. The quantitative estimate of drug-likeness (QED) is 0.824. The predicted molar refractivity (Wildman–Crippen MR) is 97.8 cm³/mol. The van der Waals surface area contributed by atoms with Gasteiger partial charge in [0.05, 0.1) is 6.42 Å². The van der Waals surface area contributed by atoms with Crippen molar-refractivity contribution in [2.45, 2.75) is 38.7 Å². The molecule has 0 unspecified atom stereocenters. The molecule has 1 atom stereocenters. The van der Waals surface area contributed by atoms with Crippen molar-refractivity contribution in [2.75, 3.05) is 5.32 Å². The van der Waals surface area contributed by atoms with Crippen LogP contribution in [0.2, 0.25) is 5.02 Å². The fourth-order valence-corrected chi connectivity index (χ4v) is 3.10.